The number of rotatable bonds is 7. The van der Waals surface area contributed by atoms with Gasteiger partial charge in [0.1, 0.15) is 5.75 Å². The van der Waals surface area contributed by atoms with Crippen LogP contribution in [0.15, 0.2) is 70.3 Å². The van der Waals surface area contributed by atoms with Crippen molar-refractivity contribution in [3.05, 3.63) is 81.5 Å². The molecule has 2 aromatic rings. The van der Waals surface area contributed by atoms with Gasteiger partial charge in [-0.3, -0.25) is 4.79 Å². The maximum atomic E-state index is 12.8. The Balaban J connectivity index is 1.51. The van der Waals surface area contributed by atoms with Crippen molar-refractivity contribution in [2.45, 2.75) is 26.8 Å². The van der Waals surface area contributed by atoms with Crippen LogP contribution in [0.2, 0.25) is 5.02 Å². The van der Waals surface area contributed by atoms with Gasteiger partial charge in [-0.05, 0) is 56.0 Å². The first-order valence-corrected chi connectivity index (χ1v) is 12.0. The van der Waals surface area contributed by atoms with Gasteiger partial charge in [0.2, 0.25) is 0 Å². The van der Waals surface area contributed by atoms with Crippen molar-refractivity contribution < 1.29 is 19.1 Å². The summed E-state index contributed by atoms with van der Waals surface area (Å²) >= 11 is 8.00. The molecule has 2 aliphatic rings. The molecule has 2 aliphatic heterocycles. The first-order valence-electron chi connectivity index (χ1n) is 10.7. The highest BCUT2D eigenvalue weighted by molar-refractivity contribution is 8.16. The van der Waals surface area contributed by atoms with Gasteiger partial charge in [0.15, 0.2) is 11.8 Å². The number of halogens is 1. The quantitative estimate of drug-likeness (QED) is 0.513. The third-order valence-electron chi connectivity index (χ3n) is 5.28. The summed E-state index contributed by atoms with van der Waals surface area (Å²) in [6.45, 7) is 5.62. The second kappa shape index (κ2) is 10.4. The van der Waals surface area contributed by atoms with Crippen LogP contribution >= 0.6 is 23.4 Å². The van der Waals surface area contributed by atoms with E-state index in [9.17, 15) is 9.59 Å². The van der Waals surface area contributed by atoms with E-state index in [2.05, 4.69) is 10.3 Å². The number of carbonyl (C=O) groups excluding carboxylic acids is 2. The zero-order chi connectivity index (χ0) is 24.2. The highest BCUT2D eigenvalue weighted by Crippen LogP contribution is 2.42. The summed E-state index contributed by atoms with van der Waals surface area (Å²) in [4.78, 5) is 31.5. The number of aliphatic imine (C=N–C) groups is 1. The topological polar surface area (TPSA) is 80.2 Å². The molecule has 0 saturated heterocycles. The summed E-state index contributed by atoms with van der Waals surface area (Å²) in [5, 5.41) is 5.82. The van der Waals surface area contributed by atoms with E-state index in [1.54, 1.807) is 26.0 Å². The fourth-order valence-corrected chi connectivity index (χ4v) is 4.71. The first-order chi connectivity index (χ1) is 16.4. The predicted octanol–water partition coefficient (Wildman–Crippen LogP) is 5.43. The highest BCUT2D eigenvalue weighted by atomic mass is 35.5. The number of hydrogen-bond acceptors (Lipinski definition) is 7. The molecule has 1 N–H and O–H groups in total. The van der Waals surface area contributed by atoms with Crippen LogP contribution in [0.5, 0.6) is 5.75 Å². The number of ether oxygens (including phenoxy) is 2. The van der Waals surface area contributed by atoms with Gasteiger partial charge in [0, 0.05) is 11.9 Å². The third-order valence-corrected chi connectivity index (χ3v) is 6.35. The predicted molar refractivity (Wildman–Crippen MR) is 135 cm³/mol. The SMILES string of the molecule is CCOC(=O)C1=C(C)N=C2SC=CN2[C@H]1c1ccc(OCC(=O)Nc2ccc(C)cc2)c(Cl)c1. The normalized spacial score (nSPS) is 16.8. The number of allylic oxidation sites excluding steroid dienone is 1. The summed E-state index contributed by atoms with van der Waals surface area (Å²) < 4.78 is 11.0. The number of esters is 1. The Labute approximate surface area is 207 Å². The maximum absolute atomic E-state index is 12.8. The Morgan fingerprint density at radius 1 is 1.18 bits per heavy atom. The molecule has 0 fully saturated rings. The van der Waals surface area contributed by atoms with Crippen molar-refractivity contribution in [3.8, 4) is 5.75 Å². The number of aryl methyl sites for hydroxylation is 1. The molecule has 0 bridgehead atoms. The Morgan fingerprint density at radius 3 is 2.65 bits per heavy atom. The largest absolute Gasteiger partial charge is 0.482 e. The van der Waals surface area contributed by atoms with Crippen molar-refractivity contribution in [3.63, 3.8) is 0 Å². The van der Waals surface area contributed by atoms with Gasteiger partial charge in [0.25, 0.3) is 5.91 Å². The average molecular weight is 498 g/mol. The second-order valence-corrected chi connectivity index (χ2v) is 9.00. The van der Waals surface area contributed by atoms with Crippen molar-refractivity contribution in [1.82, 2.24) is 4.90 Å². The lowest BCUT2D eigenvalue weighted by Crippen LogP contribution is -2.34. The highest BCUT2D eigenvalue weighted by Gasteiger charge is 2.37. The average Bonchev–Trinajstić information content (AvgIpc) is 3.27. The number of nitrogens with one attached hydrogen (secondary N) is 1. The van der Waals surface area contributed by atoms with E-state index >= 15 is 0 Å². The van der Waals surface area contributed by atoms with E-state index < -0.39 is 12.0 Å². The summed E-state index contributed by atoms with van der Waals surface area (Å²) in [6, 6.07) is 12.3. The number of fused-ring (bicyclic) bond motifs is 1. The zero-order valence-corrected chi connectivity index (χ0v) is 20.6. The van der Waals surface area contributed by atoms with Crippen LogP contribution in [-0.2, 0) is 14.3 Å². The number of carbonyl (C=O) groups is 2. The molecule has 9 heteroatoms. The Bertz CT molecular complexity index is 1210. The molecule has 176 valence electrons. The van der Waals surface area contributed by atoms with Crippen LogP contribution in [0.1, 0.15) is 31.0 Å². The molecule has 34 heavy (non-hydrogen) atoms. The lowest BCUT2D eigenvalue weighted by Gasteiger charge is -2.33. The van der Waals surface area contributed by atoms with Crippen LogP contribution in [-0.4, -0.2) is 35.2 Å². The lowest BCUT2D eigenvalue weighted by atomic mass is 9.95. The van der Waals surface area contributed by atoms with E-state index in [0.29, 0.717) is 27.7 Å². The molecule has 0 unspecified atom stereocenters. The summed E-state index contributed by atoms with van der Waals surface area (Å²) in [7, 11) is 0. The minimum absolute atomic E-state index is 0.189. The molecule has 1 atom stereocenters. The lowest BCUT2D eigenvalue weighted by molar-refractivity contribution is -0.139. The Hall–Kier alpha value is -3.23. The minimum atomic E-state index is -0.436. The molecule has 4 rings (SSSR count). The molecule has 7 nitrogen and oxygen atoms in total. The molecular weight excluding hydrogens is 474 g/mol. The van der Waals surface area contributed by atoms with Gasteiger partial charge in [-0.25, -0.2) is 9.79 Å². The van der Waals surface area contributed by atoms with Gasteiger partial charge in [-0.2, -0.15) is 0 Å². The van der Waals surface area contributed by atoms with Gasteiger partial charge in [0.05, 0.1) is 28.9 Å². The van der Waals surface area contributed by atoms with Gasteiger partial charge >= 0.3 is 5.97 Å². The molecule has 2 heterocycles. The first kappa shape index (κ1) is 23.9. The van der Waals surface area contributed by atoms with Crippen molar-refractivity contribution >= 4 is 46.1 Å². The number of thioether (sulfide) groups is 1. The van der Waals surface area contributed by atoms with E-state index in [-0.39, 0.29) is 19.1 Å². The van der Waals surface area contributed by atoms with Crippen molar-refractivity contribution in [2.75, 3.05) is 18.5 Å². The number of anilines is 1. The monoisotopic (exact) mass is 497 g/mol. The van der Waals surface area contributed by atoms with E-state index in [4.69, 9.17) is 21.1 Å². The van der Waals surface area contributed by atoms with Crippen LogP contribution in [0.25, 0.3) is 0 Å². The van der Waals surface area contributed by atoms with Gasteiger partial charge in [-0.1, -0.05) is 47.1 Å². The molecule has 0 aromatic heterocycles. The van der Waals surface area contributed by atoms with E-state index in [1.807, 2.05) is 53.8 Å². The van der Waals surface area contributed by atoms with Gasteiger partial charge in [-0.15, -0.1) is 0 Å². The molecule has 0 saturated carbocycles. The number of nitrogens with zero attached hydrogens (tertiary/aromatic N) is 2. The fourth-order valence-electron chi connectivity index (χ4n) is 3.68. The minimum Gasteiger partial charge on any atom is -0.482 e. The van der Waals surface area contributed by atoms with Crippen molar-refractivity contribution in [1.29, 1.82) is 0 Å². The number of hydrogen-bond donors (Lipinski definition) is 1. The zero-order valence-electron chi connectivity index (χ0n) is 19.0. The van der Waals surface area contributed by atoms with Crippen LogP contribution < -0.4 is 10.1 Å². The molecule has 1 amide bonds. The van der Waals surface area contributed by atoms with Crippen LogP contribution in [0.3, 0.4) is 0 Å². The molecule has 0 radical (unpaired) electrons. The van der Waals surface area contributed by atoms with E-state index in [1.165, 1.54) is 11.8 Å². The summed E-state index contributed by atoms with van der Waals surface area (Å²) in [5.74, 6) is -0.333. The molecular formula is C25H24ClN3O4S. The summed E-state index contributed by atoms with van der Waals surface area (Å²) in [5.41, 5.74) is 3.65. The Morgan fingerprint density at radius 2 is 1.94 bits per heavy atom. The summed E-state index contributed by atoms with van der Waals surface area (Å²) in [6.07, 6.45) is 1.88. The standard InChI is InChI=1S/C25H24ClN3O4S/c1-4-32-24(31)22-16(3)27-25-29(11-12-34-25)23(22)17-7-10-20(19(26)13-17)33-14-21(30)28-18-8-5-15(2)6-9-18/h5-13,23H,4,14H2,1-3H3,(H,28,30)/t23-/m0/s1. The smallest absolute Gasteiger partial charge is 0.338 e. The van der Waals surface area contributed by atoms with Crippen LogP contribution in [0.4, 0.5) is 5.69 Å². The molecule has 0 spiro atoms. The number of amidine groups is 1. The number of amides is 1. The van der Waals surface area contributed by atoms with E-state index in [0.717, 1.165) is 16.3 Å². The number of benzene rings is 2. The fraction of sp³-hybridized carbons (Fsp3) is 0.240. The Kier molecular flexibility index (Phi) is 7.29. The molecule has 2 aromatic carbocycles. The van der Waals surface area contributed by atoms with Gasteiger partial charge < -0.3 is 19.7 Å². The second-order valence-electron chi connectivity index (χ2n) is 7.72. The van der Waals surface area contributed by atoms with Crippen molar-refractivity contribution in [2.24, 2.45) is 4.99 Å². The van der Waals surface area contributed by atoms with Crippen LogP contribution in [0, 0.1) is 6.92 Å². The maximum Gasteiger partial charge on any atom is 0.338 e. The molecule has 0 aliphatic carbocycles. The third kappa shape index (κ3) is 5.13.